The number of methoxy groups -OCH3 is 1. The molecule has 0 radical (unpaired) electrons. The summed E-state index contributed by atoms with van der Waals surface area (Å²) in [7, 11) is 1.58. The van der Waals surface area contributed by atoms with Gasteiger partial charge in [0.1, 0.15) is 11.8 Å². The number of nitrogens with zero attached hydrogens (tertiary/aromatic N) is 4. The van der Waals surface area contributed by atoms with Crippen molar-refractivity contribution in [2.75, 3.05) is 33.3 Å². The first kappa shape index (κ1) is 18.0. The largest absolute Gasteiger partial charge is 0.497 e. The summed E-state index contributed by atoms with van der Waals surface area (Å²) in [6, 6.07) is 8.68. The van der Waals surface area contributed by atoms with Gasteiger partial charge >= 0.3 is 0 Å². The third-order valence-corrected chi connectivity index (χ3v) is 4.71. The minimum Gasteiger partial charge on any atom is -0.497 e. The Morgan fingerprint density at radius 2 is 1.88 bits per heavy atom. The number of hydrogen-bond donors (Lipinski definition) is 0. The van der Waals surface area contributed by atoms with Crippen molar-refractivity contribution in [1.82, 2.24) is 19.6 Å². The van der Waals surface area contributed by atoms with E-state index in [1.54, 1.807) is 35.0 Å². The van der Waals surface area contributed by atoms with E-state index in [9.17, 15) is 9.59 Å². The fourth-order valence-corrected chi connectivity index (χ4v) is 3.22. The van der Waals surface area contributed by atoms with Crippen LogP contribution >= 0.6 is 0 Å². The molecule has 1 saturated heterocycles. The lowest BCUT2D eigenvalue weighted by Gasteiger charge is -2.36. The first-order valence-electron chi connectivity index (χ1n) is 8.85. The molecule has 1 aliphatic heterocycles. The maximum absolute atomic E-state index is 12.8. The molecule has 1 fully saturated rings. The van der Waals surface area contributed by atoms with Crippen molar-refractivity contribution in [2.45, 2.75) is 19.4 Å². The molecule has 26 heavy (non-hydrogen) atoms. The lowest BCUT2D eigenvalue weighted by molar-refractivity contribution is -0.136. The molecule has 0 saturated carbocycles. The monoisotopic (exact) mass is 356 g/mol. The summed E-state index contributed by atoms with van der Waals surface area (Å²) in [6.07, 6.45) is 4.18. The van der Waals surface area contributed by atoms with Crippen molar-refractivity contribution in [1.29, 1.82) is 0 Å². The summed E-state index contributed by atoms with van der Waals surface area (Å²) in [5.41, 5.74) is 0.604. The molecule has 7 nitrogen and oxygen atoms in total. The molecule has 1 aromatic carbocycles. The standard InChI is InChI=1S/C19H24N4O3/c1-3-17(23-9-5-8-20-23)19(25)22-12-10-21(11-13-22)18(24)15-6-4-7-16(14-15)26-2/h4-9,14,17H,3,10-13H2,1-2H3/t17-/m1/s1. The molecule has 1 atom stereocenters. The third-order valence-electron chi connectivity index (χ3n) is 4.71. The molecule has 7 heteroatoms. The number of amides is 2. The molecular weight excluding hydrogens is 332 g/mol. The van der Waals surface area contributed by atoms with Crippen LogP contribution in [0.1, 0.15) is 29.7 Å². The van der Waals surface area contributed by atoms with E-state index in [0.717, 1.165) is 0 Å². The van der Waals surface area contributed by atoms with E-state index in [0.29, 0.717) is 43.9 Å². The zero-order valence-electron chi connectivity index (χ0n) is 15.2. The van der Waals surface area contributed by atoms with Crippen LogP contribution in [-0.4, -0.2) is 64.7 Å². The van der Waals surface area contributed by atoms with Gasteiger partial charge in [0, 0.05) is 44.1 Å². The molecule has 2 aromatic rings. The quantitative estimate of drug-likeness (QED) is 0.820. The van der Waals surface area contributed by atoms with Crippen molar-refractivity contribution in [3.63, 3.8) is 0 Å². The Bertz CT molecular complexity index is 752. The molecule has 2 heterocycles. The number of aromatic nitrogens is 2. The number of carbonyl (C=O) groups is 2. The highest BCUT2D eigenvalue weighted by atomic mass is 16.5. The molecular formula is C19H24N4O3. The number of hydrogen-bond acceptors (Lipinski definition) is 4. The number of ether oxygens (including phenoxy) is 1. The van der Waals surface area contributed by atoms with Gasteiger partial charge in [0.05, 0.1) is 7.11 Å². The first-order valence-corrected chi connectivity index (χ1v) is 8.85. The SMILES string of the molecule is CC[C@H](C(=O)N1CCN(C(=O)c2cccc(OC)c2)CC1)n1cccn1. The van der Waals surface area contributed by atoms with Crippen LogP contribution in [-0.2, 0) is 4.79 Å². The number of piperazine rings is 1. The van der Waals surface area contributed by atoms with Crippen LogP contribution in [0.3, 0.4) is 0 Å². The lowest BCUT2D eigenvalue weighted by Crippen LogP contribution is -2.52. The van der Waals surface area contributed by atoms with Crippen molar-refractivity contribution in [3.8, 4) is 5.75 Å². The molecule has 3 rings (SSSR count). The smallest absolute Gasteiger partial charge is 0.254 e. The maximum atomic E-state index is 12.8. The predicted octanol–water partition coefficient (Wildman–Crippen LogP) is 1.83. The van der Waals surface area contributed by atoms with Crippen LogP contribution in [0.5, 0.6) is 5.75 Å². The molecule has 0 N–H and O–H groups in total. The van der Waals surface area contributed by atoms with Crippen LogP contribution in [0.2, 0.25) is 0 Å². The molecule has 1 aliphatic rings. The van der Waals surface area contributed by atoms with Crippen LogP contribution in [0.25, 0.3) is 0 Å². The van der Waals surface area contributed by atoms with Crippen molar-refractivity contribution < 1.29 is 14.3 Å². The summed E-state index contributed by atoms with van der Waals surface area (Å²) in [5, 5.41) is 4.20. The molecule has 1 aromatic heterocycles. The van der Waals surface area contributed by atoms with E-state index in [-0.39, 0.29) is 17.9 Å². The van der Waals surface area contributed by atoms with Gasteiger partial charge in [-0.05, 0) is 30.7 Å². The number of benzene rings is 1. The lowest BCUT2D eigenvalue weighted by atomic mass is 10.1. The minimum atomic E-state index is -0.286. The highest BCUT2D eigenvalue weighted by molar-refractivity contribution is 5.94. The van der Waals surface area contributed by atoms with Gasteiger partial charge in [-0.15, -0.1) is 0 Å². The summed E-state index contributed by atoms with van der Waals surface area (Å²) >= 11 is 0. The van der Waals surface area contributed by atoms with E-state index in [1.165, 1.54) is 0 Å². The molecule has 0 bridgehead atoms. The van der Waals surface area contributed by atoms with Crippen LogP contribution in [0.4, 0.5) is 0 Å². The summed E-state index contributed by atoms with van der Waals surface area (Å²) < 4.78 is 6.89. The zero-order chi connectivity index (χ0) is 18.5. The second-order valence-corrected chi connectivity index (χ2v) is 6.26. The van der Waals surface area contributed by atoms with Crippen LogP contribution in [0.15, 0.2) is 42.7 Å². The average molecular weight is 356 g/mol. The highest BCUT2D eigenvalue weighted by Gasteiger charge is 2.29. The van der Waals surface area contributed by atoms with Crippen molar-refractivity contribution in [2.24, 2.45) is 0 Å². The first-order chi connectivity index (χ1) is 12.6. The maximum Gasteiger partial charge on any atom is 0.254 e. The fraction of sp³-hybridized carbons (Fsp3) is 0.421. The topological polar surface area (TPSA) is 67.7 Å². The van der Waals surface area contributed by atoms with Gasteiger partial charge in [0.15, 0.2) is 0 Å². The van der Waals surface area contributed by atoms with Gasteiger partial charge in [-0.3, -0.25) is 14.3 Å². The Kier molecular flexibility index (Phi) is 5.55. The number of carbonyl (C=O) groups excluding carboxylic acids is 2. The van der Waals surface area contributed by atoms with Gasteiger partial charge < -0.3 is 14.5 Å². The van der Waals surface area contributed by atoms with E-state index in [1.807, 2.05) is 36.2 Å². The van der Waals surface area contributed by atoms with Gasteiger partial charge in [-0.25, -0.2) is 0 Å². The Hall–Kier alpha value is -2.83. The molecule has 0 unspecified atom stereocenters. The van der Waals surface area contributed by atoms with Crippen molar-refractivity contribution >= 4 is 11.8 Å². The second-order valence-electron chi connectivity index (χ2n) is 6.26. The Labute approximate surface area is 153 Å². The van der Waals surface area contributed by atoms with Gasteiger partial charge in [0.25, 0.3) is 5.91 Å². The van der Waals surface area contributed by atoms with E-state index < -0.39 is 0 Å². The Morgan fingerprint density at radius 1 is 1.15 bits per heavy atom. The van der Waals surface area contributed by atoms with Gasteiger partial charge in [-0.1, -0.05) is 13.0 Å². The van der Waals surface area contributed by atoms with Crippen molar-refractivity contribution in [3.05, 3.63) is 48.3 Å². The predicted molar refractivity (Wildman–Crippen MR) is 97.0 cm³/mol. The molecule has 0 spiro atoms. The Morgan fingerprint density at radius 3 is 2.50 bits per heavy atom. The zero-order valence-corrected chi connectivity index (χ0v) is 15.2. The van der Waals surface area contributed by atoms with E-state index >= 15 is 0 Å². The summed E-state index contributed by atoms with van der Waals surface area (Å²) in [5.74, 6) is 0.689. The van der Waals surface area contributed by atoms with Crippen LogP contribution in [0, 0.1) is 0 Å². The normalized spacial score (nSPS) is 15.6. The van der Waals surface area contributed by atoms with Gasteiger partial charge in [0.2, 0.25) is 5.91 Å². The average Bonchev–Trinajstić information content (AvgIpc) is 3.22. The molecule has 2 amide bonds. The second kappa shape index (κ2) is 8.03. The third kappa shape index (κ3) is 3.71. The Balaban J connectivity index is 1.61. The van der Waals surface area contributed by atoms with E-state index in [4.69, 9.17) is 4.74 Å². The number of rotatable bonds is 5. The van der Waals surface area contributed by atoms with Gasteiger partial charge in [-0.2, -0.15) is 5.10 Å². The van der Waals surface area contributed by atoms with E-state index in [2.05, 4.69) is 5.10 Å². The highest BCUT2D eigenvalue weighted by Crippen LogP contribution is 2.18. The van der Waals surface area contributed by atoms with Crippen LogP contribution < -0.4 is 4.74 Å². The summed E-state index contributed by atoms with van der Waals surface area (Å²) in [6.45, 7) is 4.10. The minimum absolute atomic E-state index is 0.0323. The molecule has 0 aliphatic carbocycles. The fourth-order valence-electron chi connectivity index (χ4n) is 3.22. The molecule has 138 valence electrons. The summed E-state index contributed by atoms with van der Waals surface area (Å²) in [4.78, 5) is 29.1.